The van der Waals surface area contributed by atoms with Crippen LogP contribution in [0.3, 0.4) is 0 Å². The van der Waals surface area contributed by atoms with Crippen molar-refractivity contribution in [3.63, 3.8) is 0 Å². The minimum absolute atomic E-state index is 0. The maximum Gasteiger partial charge on any atom is 1.00 e. The van der Waals surface area contributed by atoms with Crippen molar-refractivity contribution in [2.45, 2.75) is 36.9 Å². The molecule has 0 bridgehead atoms. The molecule has 16 heteroatoms. The predicted molar refractivity (Wildman–Crippen MR) is 64.4 cm³/mol. The number of carboxylic acids is 6. The van der Waals surface area contributed by atoms with E-state index in [-0.39, 0.29) is 35.7 Å². The van der Waals surface area contributed by atoms with Gasteiger partial charge in [0.2, 0.25) is 0 Å². The third-order valence-corrected chi connectivity index (χ3v) is 2.51. The minimum atomic E-state index is -2.97. The molecule has 0 aromatic heterocycles. The first-order chi connectivity index (χ1) is 11.6. The van der Waals surface area contributed by atoms with Gasteiger partial charge in [-0.05, 0) is 0 Å². The number of carbonyl (C=O) groups is 6. The van der Waals surface area contributed by atoms with Crippen LogP contribution in [0.2, 0.25) is 0 Å². The number of aliphatic hydroxyl groups is 2. The van der Waals surface area contributed by atoms with E-state index in [0.29, 0.717) is 0 Å². The summed E-state index contributed by atoms with van der Waals surface area (Å²) < 4.78 is 0. The van der Waals surface area contributed by atoms with Gasteiger partial charge in [-0.3, -0.25) is 0 Å². The Balaban J connectivity index is -0.000000192. The van der Waals surface area contributed by atoms with Crippen LogP contribution in [0.15, 0.2) is 0 Å². The van der Waals surface area contributed by atoms with E-state index in [1.807, 2.05) is 0 Å². The molecule has 0 saturated heterocycles. The summed E-state index contributed by atoms with van der Waals surface area (Å²) in [5.41, 5.74) is -5.95. The maximum absolute atomic E-state index is 10.1. The van der Waals surface area contributed by atoms with Crippen LogP contribution in [-0.2, 0) is 28.8 Å². The Morgan fingerprint density at radius 3 is 0.750 bits per heavy atom. The van der Waals surface area contributed by atoms with Gasteiger partial charge in [-0.2, -0.15) is 0 Å². The van der Waals surface area contributed by atoms with E-state index in [2.05, 4.69) is 0 Å². The number of aliphatic carboxylic acids is 6. The van der Waals surface area contributed by atoms with Crippen LogP contribution < -0.4 is 66.3 Å². The average molecular weight is 419 g/mol. The Labute approximate surface area is 178 Å². The molecule has 0 amide bonds. The van der Waals surface area contributed by atoms with Crippen LogP contribution in [0.25, 0.3) is 0 Å². The molecular weight excluding hydrogens is 405 g/mol. The molecule has 0 radical (unpaired) electrons. The fourth-order valence-electron chi connectivity index (χ4n) is 1.37. The van der Waals surface area contributed by atoms with Gasteiger partial charge >= 0.3 is 29.6 Å². The molecule has 0 saturated carbocycles. The average Bonchev–Trinajstić information content (AvgIpc) is 2.34. The zero-order valence-corrected chi connectivity index (χ0v) is 16.6. The van der Waals surface area contributed by atoms with Crippen LogP contribution in [0.1, 0.15) is 25.7 Å². The van der Waals surface area contributed by atoms with E-state index in [4.69, 9.17) is 10.2 Å². The summed E-state index contributed by atoms with van der Waals surface area (Å²) in [5, 5.41) is 77.9. The fraction of sp³-hybridized carbons (Fsp3) is 0.500. The van der Waals surface area contributed by atoms with Crippen molar-refractivity contribution in [1.82, 2.24) is 6.15 Å². The van der Waals surface area contributed by atoms with Crippen molar-refractivity contribution in [3.05, 3.63) is 0 Å². The third kappa shape index (κ3) is 13.8. The molecule has 0 fully saturated rings. The molecule has 0 aliphatic rings. The van der Waals surface area contributed by atoms with Crippen molar-refractivity contribution < 1.29 is 99.2 Å². The smallest absolute Gasteiger partial charge is 0.550 e. The molecule has 0 rings (SSSR count). The van der Waals surface area contributed by atoms with Gasteiger partial charge in [0, 0.05) is 49.6 Å². The molecule has 0 aromatic rings. The standard InChI is InChI=1S/2C6H8O7.H3N.Na/c2*7-3(8)1-6(13,5(11)12)2-4(9)10;;/h2*13H,1-2H2,(H,7,8)(H,9,10)(H,11,12);1H3;/q;;;+1/p-5. The fourth-order valence-corrected chi connectivity index (χ4v) is 1.37. The second-order valence-electron chi connectivity index (χ2n) is 4.83. The summed E-state index contributed by atoms with van der Waals surface area (Å²) in [5.74, 6) is -12.0. The van der Waals surface area contributed by atoms with Crippen molar-refractivity contribution in [3.8, 4) is 0 Å². The van der Waals surface area contributed by atoms with Gasteiger partial charge in [0.15, 0.2) is 0 Å². The quantitative estimate of drug-likeness (QED) is 0.277. The minimum Gasteiger partial charge on any atom is -0.550 e. The molecule has 0 heterocycles. The molecule has 0 aromatic carbocycles. The summed E-state index contributed by atoms with van der Waals surface area (Å²) in [6.07, 6.45) is -5.43. The summed E-state index contributed by atoms with van der Waals surface area (Å²) in [6, 6.07) is 0. The number of hydrogen-bond donors (Lipinski definition) is 3. The Morgan fingerprint density at radius 1 is 0.536 bits per heavy atom. The largest absolute Gasteiger partial charge is 1.00 e. The molecule has 6 N–H and O–H groups in total. The number of rotatable bonds is 10. The second kappa shape index (κ2) is 13.8. The first kappa shape index (κ1) is 33.3. The van der Waals surface area contributed by atoms with Gasteiger partial charge < -0.3 is 75.8 Å². The molecule has 156 valence electrons. The zero-order valence-electron chi connectivity index (χ0n) is 14.6. The number of hydrogen-bond acceptors (Lipinski definition) is 14. The van der Waals surface area contributed by atoms with Crippen LogP contribution in [0.5, 0.6) is 0 Å². The van der Waals surface area contributed by atoms with Crippen LogP contribution in [0.4, 0.5) is 0 Å². The Morgan fingerprint density at radius 2 is 0.679 bits per heavy atom. The van der Waals surface area contributed by atoms with Gasteiger partial charge in [0.1, 0.15) is 11.2 Å². The van der Waals surface area contributed by atoms with E-state index in [1.54, 1.807) is 0 Å². The van der Waals surface area contributed by atoms with E-state index >= 15 is 0 Å². The molecule has 0 unspecified atom stereocenters. The number of carbonyl (C=O) groups excluding carboxylic acids is 6. The molecule has 0 aliphatic heterocycles. The molecule has 0 atom stereocenters. The van der Waals surface area contributed by atoms with Crippen molar-refractivity contribution in [1.29, 1.82) is 0 Å². The second-order valence-corrected chi connectivity index (χ2v) is 4.83. The maximum atomic E-state index is 10.1. The van der Waals surface area contributed by atoms with Gasteiger partial charge in [0.05, 0.1) is 11.9 Å². The molecular formula is C12H14NNaO14-4. The molecule has 15 nitrogen and oxygen atoms in total. The first-order valence-electron chi connectivity index (χ1n) is 6.23. The Hall–Kier alpha value is -2.30. The Kier molecular flexibility index (Phi) is 16.4. The van der Waals surface area contributed by atoms with E-state index in [9.17, 15) is 59.4 Å². The third-order valence-electron chi connectivity index (χ3n) is 2.51. The van der Waals surface area contributed by atoms with Gasteiger partial charge in [-0.25, -0.2) is 0 Å². The van der Waals surface area contributed by atoms with Gasteiger partial charge in [-0.1, -0.05) is 0 Å². The van der Waals surface area contributed by atoms with E-state index < -0.39 is 72.7 Å². The van der Waals surface area contributed by atoms with Crippen molar-refractivity contribution >= 4 is 35.8 Å². The Bertz CT molecular complexity index is 519. The molecule has 0 spiro atoms. The van der Waals surface area contributed by atoms with Gasteiger partial charge in [-0.15, -0.1) is 0 Å². The van der Waals surface area contributed by atoms with Gasteiger partial charge in [0.25, 0.3) is 0 Å². The first-order valence-corrected chi connectivity index (χ1v) is 6.23. The summed E-state index contributed by atoms with van der Waals surface area (Å²) >= 11 is 0. The SMILES string of the molecule is O=C([O-])CC(O)(CC(=O)[O-])C(=O)[O-].O=C([O-])CC(O)(CC(=O)[O-])C(=O)[O-].[NH4+].[Na+]. The van der Waals surface area contributed by atoms with E-state index in [0.717, 1.165) is 0 Å². The zero-order chi connectivity index (χ0) is 21.3. The number of carboxylic acid groups (broad SMARTS) is 6. The predicted octanol–water partition coefficient (Wildman–Crippen LogP) is -13.1. The van der Waals surface area contributed by atoms with E-state index in [1.165, 1.54) is 0 Å². The summed E-state index contributed by atoms with van der Waals surface area (Å²) in [6.45, 7) is 0. The molecule has 0 aliphatic carbocycles. The van der Waals surface area contributed by atoms with Crippen LogP contribution in [-0.4, -0.2) is 57.2 Å². The normalized spacial score (nSPS) is 10.1. The van der Waals surface area contributed by atoms with Crippen molar-refractivity contribution in [2.75, 3.05) is 0 Å². The van der Waals surface area contributed by atoms with Crippen molar-refractivity contribution in [2.24, 2.45) is 0 Å². The van der Waals surface area contributed by atoms with Crippen LogP contribution >= 0.6 is 0 Å². The molecule has 28 heavy (non-hydrogen) atoms. The van der Waals surface area contributed by atoms with Crippen LogP contribution in [0, 0.1) is 0 Å². The summed E-state index contributed by atoms with van der Waals surface area (Å²) in [7, 11) is 0. The topological polar surface area (TPSA) is 318 Å². The summed E-state index contributed by atoms with van der Waals surface area (Å²) in [4.78, 5) is 60.0. The number of quaternary nitrogens is 1. The monoisotopic (exact) mass is 419 g/mol.